The summed E-state index contributed by atoms with van der Waals surface area (Å²) < 4.78 is 41.7. The molecule has 0 fully saturated rings. The van der Waals surface area contributed by atoms with Crippen molar-refractivity contribution in [1.82, 2.24) is 0 Å². The number of halogens is 9. The van der Waals surface area contributed by atoms with Gasteiger partial charge in [-0.3, -0.25) is 0 Å². The first-order valence-corrected chi connectivity index (χ1v) is 52.8. The van der Waals surface area contributed by atoms with Crippen LogP contribution in [0.3, 0.4) is 0 Å². The summed E-state index contributed by atoms with van der Waals surface area (Å²) in [6, 6.07) is 75.9. The molecule has 12 aromatic carbocycles. The number of benzene rings is 12. The van der Waals surface area contributed by atoms with Crippen LogP contribution in [0.1, 0.15) is 372 Å². The third-order valence-electron chi connectivity index (χ3n) is 23.4. The van der Waals surface area contributed by atoms with Crippen molar-refractivity contribution in [1.29, 1.82) is 0 Å². The van der Waals surface area contributed by atoms with Crippen LogP contribution in [-0.2, 0) is 65.0 Å². The molecule has 0 atom stereocenters. The lowest BCUT2D eigenvalue weighted by Gasteiger charge is -2.21. The average Bonchev–Trinajstić information content (AvgIpc) is 0.836. The van der Waals surface area contributed by atoms with Gasteiger partial charge in [0.1, 0.15) is 29.0 Å². The van der Waals surface area contributed by atoms with Crippen LogP contribution in [0.2, 0.25) is 15.1 Å². The first-order chi connectivity index (χ1) is 63.7. The van der Waals surface area contributed by atoms with E-state index in [-0.39, 0.29) is 82.4 Å². The molecule has 0 aliphatic rings. The van der Waals surface area contributed by atoms with Crippen molar-refractivity contribution in [2.45, 2.75) is 383 Å². The molecule has 0 saturated heterocycles. The first kappa shape index (κ1) is 131. The van der Waals surface area contributed by atoms with Crippen molar-refractivity contribution in [2.24, 2.45) is 0 Å². The molecule has 12 rings (SSSR count). The maximum Gasteiger partial charge on any atom is 0.123 e. The fourth-order valence-corrected chi connectivity index (χ4v) is 18.7. The molecular formula is C130H179Br3Cl3F3O2. The number of aryl methyl sites for hydroxylation is 10. The van der Waals surface area contributed by atoms with Gasteiger partial charge in [-0.2, -0.15) is 0 Å². The highest BCUT2D eigenvalue weighted by atomic mass is 79.9. The van der Waals surface area contributed by atoms with Gasteiger partial charge in [0.15, 0.2) is 0 Å². The zero-order valence-electron chi connectivity index (χ0n) is 95.3. The fraction of sp³-hybridized carbons (Fsp3) is 0.446. The molecule has 0 heterocycles. The van der Waals surface area contributed by atoms with Gasteiger partial charge in [-0.25, -0.2) is 13.2 Å². The molecule has 0 aliphatic heterocycles. The maximum atomic E-state index is 12.7. The summed E-state index contributed by atoms with van der Waals surface area (Å²) in [6.07, 6.45) is 0. The molecule has 0 unspecified atom stereocenters. The Bertz CT molecular complexity index is 4970. The lowest BCUT2D eigenvalue weighted by atomic mass is 9.84. The summed E-state index contributed by atoms with van der Waals surface area (Å²) in [4.78, 5) is 0. The van der Waals surface area contributed by atoms with E-state index in [1.165, 1.54) is 118 Å². The highest BCUT2D eigenvalue weighted by Crippen LogP contribution is 2.37. The van der Waals surface area contributed by atoms with E-state index in [0.717, 1.165) is 50.7 Å². The molecule has 0 spiro atoms. The topological polar surface area (TPSA) is 40.5 Å². The molecule has 0 aliphatic carbocycles. The van der Waals surface area contributed by atoms with E-state index in [2.05, 4.69) is 443 Å². The lowest BCUT2D eigenvalue weighted by molar-refractivity contribution is 0.471. The van der Waals surface area contributed by atoms with Crippen LogP contribution in [0, 0.1) is 86.7 Å². The lowest BCUT2D eigenvalue weighted by Crippen LogP contribution is -2.12. The third kappa shape index (κ3) is 49.9. The van der Waals surface area contributed by atoms with Gasteiger partial charge in [-0.15, -0.1) is 0 Å². The van der Waals surface area contributed by atoms with Crippen LogP contribution in [0.5, 0.6) is 11.5 Å². The van der Waals surface area contributed by atoms with E-state index >= 15 is 0 Å². The van der Waals surface area contributed by atoms with Crippen LogP contribution in [0.15, 0.2) is 250 Å². The number of phenolic OH excluding ortho intramolecular Hbond substituents is 2. The molecule has 0 bridgehead atoms. The number of phenols is 2. The molecule has 141 heavy (non-hydrogen) atoms. The molecule has 0 amide bonds. The summed E-state index contributed by atoms with van der Waals surface area (Å²) in [7, 11) is 0. The van der Waals surface area contributed by atoms with Gasteiger partial charge in [0, 0.05) is 28.5 Å². The second kappa shape index (κ2) is 55.8. The predicted octanol–water partition coefficient (Wildman–Crippen LogP) is 43.0. The standard InChI is InChI=1S/3C11H15Br.3C11H15Cl.3C11H15F.C11H16.2C10H14O/c9*1-8-7-9(12)5-6-10(8)11(2,3)4;1-9-7-5-6-8-10(9)11(2,3)4;1-10(2,3)8-4-6-9(11)7-5-8;1-10(2,3)8-5-4-6-9(11)7-8/h9*5-7H,1-4H3;5-8H,1-4H3;2*4-7,11H,1-3H3. The minimum atomic E-state index is -0.152. The van der Waals surface area contributed by atoms with Crippen molar-refractivity contribution < 1.29 is 23.4 Å². The van der Waals surface area contributed by atoms with Gasteiger partial charge in [0.25, 0.3) is 0 Å². The number of rotatable bonds is 0. The highest BCUT2D eigenvalue weighted by Gasteiger charge is 2.25. The van der Waals surface area contributed by atoms with Crippen LogP contribution >= 0.6 is 82.6 Å². The quantitative estimate of drug-likeness (QED) is 0.159. The van der Waals surface area contributed by atoms with Gasteiger partial charge in [-0.05, 0) is 390 Å². The van der Waals surface area contributed by atoms with Gasteiger partial charge < -0.3 is 10.2 Å². The average molecular weight is 2180 g/mol. The van der Waals surface area contributed by atoms with E-state index in [0.29, 0.717) is 11.5 Å². The zero-order chi connectivity index (χ0) is 110. The Hall–Kier alpha value is -7.66. The largest absolute Gasteiger partial charge is 0.508 e. The Kier molecular flexibility index (Phi) is 51.9. The summed E-state index contributed by atoms with van der Waals surface area (Å²) >= 11 is 28.0. The molecule has 2 N–H and O–H groups in total. The fourth-order valence-electron chi connectivity index (χ4n) is 16.6. The summed E-state index contributed by atoms with van der Waals surface area (Å²) in [6.45, 7) is 99.6. The monoisotopic (exact) mass is 2170 g/mol. The van der Waals surface area contributed by atoms with Crippen LogP contribution < -0.4 is 0 Å². The van der Waals surface area contributed by atoms with Crippen LogP contribution in [0.25, 0.3) is 0 Å². The number of hydrogen-bond acceptors (Lipinski definition) is 2. The van der Waals surface area contributed by atoms with Crippen LogP contribution in [0.4, 0.5) is 13.2 Å². The SMILES string of the molecule is CC(C)(C)c1ccc(O)cc1.CC(C)(C)c1cccc(O)c1.Cc1cc(Br)ccc1C(C)(C)C.Cc1cc(Br)ccc1C(C)(C)C.Cc1cc(Br)ccc1C(C)(C)C.Cc1cc(Cl)ccc1C(C)(C)C.Cc1cc(Cl)ccc1C(C)(C)C.Cc1cc(Cl)ccc1C(C)(C)C.Cc1cc(F)ccc1C(C)(C)C.Cc1cc(F)ccc1C(C)(C)C.Cc1cc(F)ccc1C(C)(C)C.Cc1ccccc1C(C)(C)C. The highest BCUT2D eigenvalue weighted by molar-refractivity contribution is 9.11. The van der Waals surface area contributed by atoms with Crippen molar-refractivity contribution in [3.63, 3.8) is 0 Å². The number of aromatic hydroxyl groups is 2. The van der Waals surface area contributed by atoms with Gasteiger partial charge in [-0.1, -0.05) is 435 Å². The molecule has 2 nitrogen and oxygen atoms in total. The Labute approximate surface area is 898 Å². The molecule has 12 aromatic rings. The van der Waals surface area contributed by atoms with Crippen molar-refractivity contribution in [3.05, 3.63) is 405 Å². The van der Waals surface area contributed by atoms with Crippen LogP contribution in [-0.4, -0.2) is 10.2 Å². The molecule has 0 aromatic heterocycles. The summed E-state index contributed by atoms with van der Waals surface area (Å²) in [5.74, 6) is 0.219. The second-order valence-corrected chi connectivity index (χ2v) is 53.6. The van der Waals surface area contributed by atoms with E-state index in [1.807, 2.05) is 99.6 Å². The number of hydrogen-bond donors (Lipinski definition) is 2. The smallest absolute Gasteiger partial charge is 0.123 e. The maximum absolute atomic E-state index is 12.7. The molecule has 774 valence electrons. The predicted molar refractivity (Wildman–Crippen MR) is 630 cm³/mol. The molecule has 0 radical (unpaired) electrons. The minimum Gasteiger partial charge on any atom is -0.508 e. The van der Waals surface area contributed by atoms with Crippen molar-refractivity contribution in [3.8, 4) is 11.5 Å². The molecular weight excluding hydrogens is 2000 g/mol. The summed E-state index contributed by atoms with van der Waals surface area (Å²) in [5.41, 5.74) is 30.6. The molecule has 0 saturated carbocycles. The van der Waals surface area contributed by atoms with Gasteiger partial charge >= 0.3 is 0 Å². The second-order valence-electron chi connectivity index (χ2n) is 49.5. The Balaban J connectivity index is 0.000000769. The van der Waals surface area contributed by atoms with E-state index < -0.39 is 0 Å². The van der Waals surface area contributed by atoms with E-state index in [1.54, 1.807) is 42.5 Å². The van der Waals surface area contributed by atoms with Gasteiger partial charge in [0.05, 0.1) is 0 Å². The molecule has 11 heteroatoms. The van der Waals surface area contributed by atoms with Gasteiger partial charge in [0.2, 0.25) is 0 Å². The zero-order valence-corrected chi connectivity index (χ0v) is 102. The normalized spacial score (nSPS) is 11.7. The third-order valence-corrected chi connectivity index (χ3v) is 25.6. The Morgan fingerprint density at radius 1 is 0.177 bits per heavy atom. The van der Waals surface area contributed by atoms with Crippen molar-refractivity contribution in [2.75, 3.05) is 0 Å². The first-order valence-electron chi connectivity index (χ1n) is 49.3. The minimum absolute atomic E-state index is 0.109. The Morgan fingerprint density at radius 2 is 0.376 bits per heavy atom. The van der Waals surface area contributed by atoms with E-state index in [9.17, 15) is 18.3 Å². The van der Waals surface area contributed by atoms with Crippen molar-refractivity contribution >= 4 is 82.6 Å². The Morgan fingerprint density at radius 3 is 0.553 bits per heavy atom. The van der Waals surface area contributed by atoms with E-state index in [4.69, 9.17) is 39.9 Å². The summed E-state index contributed by atoms with van der Waals surface area (Å²) in [5, 5.41) is 20.7.